The number of rotatable bonds is 8. The van der Waals surface area contributed by atoms with E-state index < -0.39 is 39.8 Å². The van der Waals surface area contributed by atoms with Crippen LogP contribution in [0.1, 0.15) is 11.1 Å². The largest absolute Gasteiger partial charge is 0.481 e. The van der Waals surface area contributed by atoms with E-state index in [2.05, 4.69) is 15.3 Å². The van der Waals surface area contributed by atoms with E-state index in [1.54, 1.807) is 35.8 Å². The highest BCUT2D eigenvalue weighted by molar-refractivity contribution is 7.91. The van der Waals surface area contributed by atoms with Gasteiger partial charge in [-0.25, -0.2) is 27.6 Å². The summed E-state index contributed by atoms with van der Waals surface area (Å²) in [4.78, 5) is 36.2. The minimum atomic E-state index is -4.44. The number of nitrogens with zero attached hydrogens (tertiary/aromatic N) is 4. The van der Waals surface area contributed by atoms with Crippen LogP contribution in [0.5, 0.6) is 5.88 Å². The van der Waals surface area contributed by atoms with Gasteiger partial charge in [0.25, 0.3) is 0 Å². The van der Waals surface area contributed by atoms with Crippen LogP contribution in [0.25, 0.3) is 10.2 Å². The third-order valence-electron chi connectivity index (χ3n) is 6.47. The Balaban J connectivity index is 1.38. The lowest BCUT2D eigenvalue weighted by Gasteiger charge is -2.26. The number of carbonyl (C=O) groups excluding carboxylic acids is 2. The summed E-state index contributed by atoms with van der Waals surface area (Å²) < 4.78 is 62.9. The van der Waals surface area contributed by atoms with Crippen LogP contribution in [0.15, 0.2) is 54.0 Å². The zero-order chi connectivity index (χ0) is 29.3. The van der Waals surface area contributed by atoms with Crippen molar-refractivity contribution in [3.8, 4) is 5.88 Å². The average molecular weight is 603 g/mol. The number of benzene rings is 2. The van der Waals surface area contributed by atoms with Crippen molar-refractivity contribution < 1.29 is 31.5 Å². The van der Waals surface area contributed by atoms with E-state index in [1.807, 2.05) is 4.72 Å². The first-order valence-electron chi connectivity index (χ1n) is 12.2. The Morgan fingerprint density at radius 3 is 2.63 bits per heavy atom. The van der Waals surface area contributed by atoms with E-state index in [-0.39, 0.29) is 30.2 Å². The monoisotopic (exact) mass is 602 g/mol. The predicted molar refractivity (Wildman–Crippen MR) is 149 cm³/mol. The second-order valence-electron chi connectivity index (χ2n) is 9.18. The van der Waals surface area contributed by atoms with Crippen molar-refractivity contribution in [3.63, 3.8) is 0 Å². The van der Waals surface area contributed by atoms with Gasteiger partial charge in [0.05, 0.1) is 22.8 Å². The molecule has 0 saturated heterocycles. The van der Waals surface area contributed by atoms with E-state index >= 15 is 0 Å². The smallest absolute Gasteiger partial charge is 0.330 e. The molecule has 0 radical (unpaired) electrons. The lowest BCUT2D eigenvalue weighted by Crippen LogP contribution is -2.54. The number of anilines is 2. The Hall–Kier alpha value is -4.37. The second-order valence-corrected chi connectivity index (χ2v) is 11.7. The molecule has 1 unspecified atom stereocenters. The van der Waals surface area contributed by atoms with Crippen molar-refractivity contribution >= 4 is 55.2 Å². The molecule has 0 fully saturated rings. The fourth-order valence-corrected chi connectivity index (χ4v) is 6.27. The molecule has 3 amide bonds. The summed E-state index contributed by atoms with van der Waals surface area (Å²) in [6, 6.07) is 8.57. The molecule has 4 aromatic rings. The average Bonchev–Trinajstić information content (AvgIpc) is 3.57. The fourth-order valence-electron chi connectivity index (χ4n) is 4.49. The van der Waals surface area contributed by atoms with Gasteiger partial charge < -0.3 is 15.0 Å². The number of ether oxygens (including phenoxy) is 1. The molecular formula is C26H24F2N6O5S2. The first-order valence-corrected chi connectivity index (χ1v) is 14.6. The van der Waals surface area contributed by atoms with Crippen molar-refractivity contribution in [1.29, 1.82) is 0 Å². The molecule has 1 aliphatic heterocycles. The molecule has 2 aromatic carbocycles. The number of carbonyl (C=O) groups is 2. The van der Waals surface area contributed by atoms with Crippen LogP contribution in [0.2, 0.25) is 0 Å². The number of likely N-dealkylation sites (N-methyl/N-ethyl adjacent to an activating group) is 1. The van der Waals surface area contributed by atoms with Crippen molar-refractivity contribution in [2.75, 3.05) is 29.9 Å². The van der Waals surface area contributed by atoms with Gasteiger partial charge in [0.1, 0.15) is 17.7 Å². The number of fused-ring (bicyclic) bond motifs is 2. The molecule has 1 aliphatic rings. The lowest BCUT2D eigenvalue weighted by atomic mass is 10.0. The number of hydrogen-bond donors (Lipinski definition) is 2. The van der Waals surface area contributed by atoms with E-state index in [9.17, 15) is 26.8 Å². The highest BCUT2D eigenvalue weighted by Gasteiger charge is 2.34. The SMILES string of the molecule is COc1ccc2c(n1)N(S(=O)(=O)NC(=O)NC(Cc1cc(F)cc(F)c1)C(=O)N(C)c1ccc3scnc3c1)CC2. The number of aromatic nitrogens is 2. The molecule has 0 saturated carbocycles. The number of thiazole rings is 1. The van der Waals surface area contributed by atoms with E-state index in [4.69, 9.17) is 4.74 Å². The Morgan fingerprint density at radius 1 is 1.15 bits per heavy atom. The molecule has 0 aliphatic carbocycles. The minimum Gasteiger partial charge on any atom is -0.481 e. The Bertz CT molecular complexity index is 1730. The van der Waals surface area contributed by atoms with E-state index in [1.165, 1.54) is 30.4 Å². The molecule has 0 bridgehead atoms. The Kier molecular flexibility index (Phi) is 7.73. The number of nitrogens with one attached hydrogen (secondary N) is 2. The Labute approximate surface area is 238 Å². The number of pyridine rings is 1. The van der Waals surface area contributed by atoms with Crippen LogP contribution in [0.3, 0.4) is 0 Å². The van der Waals surface area contributed by atoms with Crippen molar-refractivity contribution in [2.45, 2.75) is 18.9 Å². The molecule has 1 atom stereocenters. The molecular weight excluding hydrogens is 578 g/mol. The van der Waals surface area contributed by atoms with Crippen LogP contribution in [0, 0.1) is 11.6 Å². The maximum Gasteiger partial charge on any atom is 0.330 e. The Morgan fingerprint density at radius 2 is 1.90 bits per heavy atom. The molecule has 15 heteroatoms. The number of urea groups is 1. The van der Waals surface area contributed by atoms with E-state index in [0.29, 0.717) is 29.3 Å². The molecule has 41 heavy (non-hydrogen) atoms. The van der Waals surface area contributed by atoms with Gasteiger partial charge in [-0.05, 0) is 53.9 Å². The first kappa shape index (κ1) is 28.2. The van der Waals surface area contributed by atoms with Gasteiger partial charge in [-0.3, -0.25) is 4.79 Å². The molecule has 5 rings (SSSR count). The third kappa shape index (κ3) is 6.05. The third-order valence-corrected chi connectivity index (χ3v) is 8.66. The second kappa shape index (κ2) is 11.2. The number of halogens is 2. The topological polar surface area (TPSA) is 134 Å². The molecule has 0 spiro atoms. The first-order chi connectivity index (χ1) is 19.5. The standard InChI is InChI=1S/C26H24F2N6O5S2/c1-33(19-4-5-22-20(13-19)29-14-40-22)25(35)21(11-15-9-17(27)12-18(28)10-15)30-26(36)32-41(37,38)34-8-7-16-3-6-23(39-2)31-24(16)34/h3-6,9-10,12-14,21H,7-8,11H2,1-2H3,(H2,30,32,36). The van der Waals surface area contributed by atoms with E-state index in [0.717, 1.165) is 21.1 Å². The summed E-state index contributed by atoms with van der Waals surface area (Å²) in [7, 11) is -1.59. The summed E-state index contributed by atoms with van der Waals surface area (Å²) in [6.07, 6.45) is 0.0464. The molecule has 2 N–H and O–H groups in total. The van der Waals surface area contributed by atoms with Crippen LogP contribution in [0.4, 0.5) is 25.1 Å². The number of hydrogen-bond acceptors (Lipinski definition) is 8. The maximum atomic E-state index is 13.9. The van der Waals surface area contributed by atoms with Crippen LogP contribution >= 0.6 is 11.3 Å². The predicted octanol–water partition coefficient (Wildman–Crippen LogP) is 3.16. The number of amides is 3. The van der Waals surface area contributed by atoms with Gasteiger partial charge in [0.2, 0.25) is 11.8 Å². The zero-order valence-corrected chi connectivity index (χ0v) is 23.4. The molecule has 11 nitrogen and oxygen atoms in total. The van der Waals surface area contributed by atoms with Gasteiger partial charge in [-0.2, -0.15) is 13.4 Å². The summed E-state index contributed by atoms with van der Waals surface area (Å²) in [5.41, 5.74) is 3.50. The zero-order valence-electron chi connectivity index (χ0n) is 21.8. The summed E-state index contributed by atoms with van der Waals surface area (Å²) in [6.45, 7) is 0.0326. The van der Waals surface area contributed by atoms with Gasteiger partial charge in [0.15, 0.2) is 5.82 Å². The normalized spacial score (nSPS) is 13.5. The van der Waals surface area contributed by atoms with Gasteiger partial charge in [-0.1, -0.05) is 0 Å². The van der Waals surface area contributed by atoms with Crippen LogP contribution in [-0.4, -0.2) is 57.1 Å². The maximum absolute atomic E-state index is 13.9. The van der Waals surface area contributed by atoms with Gasteiger partial charge in [0, 0.05) is 37.8 Å². The summed E-state index contributed by atoms with van der Waals surface area (Å²) in [5, 5.41) is 2.36. The summed E-state index contributed by atoms with van der Waals surface area (Å²) in [5.74, 6) is -2.08. The fraction of sp³-hybridized carbons (Fsp3) is 0.231. The van der Waals surface area contributed by atoms with Crippen LogP contribution < -0.4 is 24.0 Å². The van der Waals surface area contributed by atoms with Crippen molar-refractivity contribution in [2.24, 2.45) is 0 Å². The molecule has 214 valence electrons. The number of methoxy groups -OCH3 is 1. The summed E-state index contributed by atoms with van der Waals surface area (Å²) >= 11 is 1.43. The molecule has 2 aromatic heterocycles. The highest BCUT2D eigenvalue weighted by Crippen LogP contribution is 2.30. The molecule has 3 heterocycles. The highest BCUT2D eigenvalue weighted by atomic mass is 32.2. The van der Waals surface area contributed by atoms with Crippen molar-refractivity contribution in [3.05, 3.63) is 76.8 Å². The lowest BCUT2D eigenvalue weighted by molar-refractivity contribution is -0.120. The quantitative estimate of drug-likeness (QED) is 0.317. The minimum absolute atomic E-state index is 0.0326. The van der Waals surface area contributed by atoms with Gasteiger partial charge >= 0.3 is 16.2 Å². The van der Waals surface area contributed by atoms with Gasteiger partial charge in [-0.15, -0.1) is 11.3 Å². The van der Waals surface area contributed by atoms with Crippen molar-refractivity contribution in [1.82, 2.24) is 20.0 Å². The van der Waals surface area contributed by atoms with Crippen LogP contribution in [-0.2, 0) is 27.8 Å².